The van der Waals surface area contributed by atoms with E-state index >= 15 is 0 Å². The predicted octanol–water partition coefficient (Wildman–Crippen LogP) is 4.35. The molecular formula is C21H22FNO3. The summed E-state index contributed by atoms with van der Waals surface area (Å²) >= 11 is 0. The molecule has 0 aliphatic carbocycles. The largest absolute Gasteiger partial charge is 0.494 e. The van der Waals surface area contributed by atoms with Gasteiger partial charge in [0.05, 0.1) is 13.2 Å². The summed E-state index contributed by atoms with van der Waals surface area (Å²) in [6.07, 6.45) is 1.68. The van der Waals surface area contributed by atoms with Crippen molar-refractivity contribution in [2.24, 2.45) is 0 Å². The fourth-order valence-corrected chi connectivity index (χ4v) is 2.73. The van der Waals surface area contributed by atoms with Crippen LogP contribution in [0.5, 0.6) is 5.75 Å². The van der Waals surface area contributed by atoms with Gasteiger partial charge in [-0.25, -0.2) is 4.39 Å². The van der Waals surface area contributed by atoms with E-state index in [1.54, 1.807) is 12.1 Å². The van der Waals surface area contributed by atoms with Crippen molar-refractivity contribution in [3.63, 3.8) is 0 Å². The minimum atomic E-state index is -0.271. The molecule has 0 aliphatic heterocycles. The molecule has 3 rings (SSSR count). The maximum absolute atomic E-state index is 12.8. The zero-order valence-corrected chi connectivity index (χ0v) is 14.8. The number of hydrogen-bond acceptors (Lipinski definition) is 3. The second kappa shape index (κ2) is 8.63. The maximum atomic E-state index is 12.8. The highest BCUT2D eigenvalue weighted by Crippen LogP contribution is 2.13. The number of aromatic amines is 1. The van der Waals surface area contributed by atoms with E-state index in [9.17, 15) is 9.18 Å². The molecule has 1 aromatic heterocycles. The van der Waals surface area contributed by atoms with E-state index in [4.69, 9.17) is 9.47 Å². The topological polar surface area (TPSA) is 51.3 Å². The first-order chi connectivity index (χ1) is 12.6. The van der Waals surface area contributed by atoms with Gasteiger partial charge in [0.1, 0.15) is 11.6 Å². The Morgan fingerprint density at radius 3 is 2.54 bits per heavy atom. The smallest absolute Gasteiger partial charge is 0.192 e. The van der Waals surface area contributed by atoms with Crippen molar-refractivity contribution in [3.05, 3.63) is 75.8 Å². The van der Waals surface area contributed by atoms with Crippen LogP contribution in [0.15, 0.2) is 53.3 Å². The van der Waals surface area contributed by atoms with Gasteiger partial charge in [-0.1, -0.05) is 12.1 Å². The number of rotatable bonds is 8. The highest BCUT2D eigenvalue weighted by molar-refractivity contribution is 5.79. The van der Waals surface area contributed by atoms with Crippen LogP contribution in [0, 0.1) is 12.7 Å². The van der Waals surface area contributed by atoms with E-state index in [0.29, 0.717) is 36.5 Å². The molecule has 0 fully saturated rings. The van der Waals surface area contributed by atoms with E-state index in [1.165, 1.54) is 12.1 Å². The molecule has 136 valence electrons. The highest BCUT2D eigenvalue weighted by atomic mass is 19.1. The Kier molecular flexibility index (Phi) is 6.02. The highest BCUT2D eigenvalue weighted by Gasteiger charge is 2.07. The second-order valence-corrected chi connectivity index (χ2v) is 6.17. The molecule has 3 aromatic rings. The molecular weight excluding hydrogens is 333 g/mol. The third kappa shape index (κ3) is 4.49. The van der Waals surface area contributed by atoms with Crippen LogP contribution in [0.2, 0.25) is 0 Å². The standard InChI is InChI=1S/C21H22FNO3/c1-15-20(23-19-7-3-2-6-18(19)21(15)24)14-25-12-4-5-13-26-17-10-8-16(22)9-11-17/h2-3,6-11H,4-5,12-14H2,1H3,(H,23,24). The number of pyridine rings is 1. The van der Waals surface area contributed by atoms with Crippen molar-refractivity contribution in [2.75, 3.05) is 13.2 Å². The van der Waals surface area contributed by atoms with Crippen LogP contribution in [-0.2, 0) is 11.3 Å². The third-order valence-corrected chi connectivity index (χ3v) is 4.26. The predicted molar refractivity (Wildman–Crippen MR) is 100 cm³/mol. The molecule has 1 N–H and O–H groups in total. The van der Waals surface area contributed by atoms with Crippen molar-refractivity contribution >= 4 is 10.9 Å². The van der Waals surface area contributed by atoms with E-state index in [0.717, 1.165) is 24.1 Å². The lowest BCUT2D eigenvalue weighted by Gasteiger charge is -2.10. The number of fused-ring (bicyclic) bond motifs is 1. The van der Waals surface area contributed by atoms with Crippen LogP contribution in [0.1, 0.15) is 24.1 Å². The Morgan fingerprint density at radius 1 is 1.00 bits per heavy atom. The molecule has 0 bridgehead atoms. The summed E-state index contributed by atoms with van der Waals surface area (Å²) in [7, 11) is 0. The van der Waals surface area contributed by atoms with Crippen molar-refractivity contribution in [1.82, 2.24) is 4.98 Å². The Hall–Kier alpha value is -2.66. The van der Waals surface area contributed by atoms with Gasteiger partial charge in [0, 0.05) is 28.8 Å². The Labute approximate surface area is 151 Å². The first kappa shape index (κ1) is 18.1. The van der Waals surface area contributed by atoms with Crippen LogP contribution in [0.4, 0.5) is 4.39 Å². The van der Waals surface area contributed by atoms with Crippen LogP contribution in [0.3, 0.4) is 0 Å². The van der Waals surface area contributed by atoms with Crippen molar-refractivity contribution < 1.29 is 13.9 Å². The quantitative estimate of drug-likeness (QED) is 0.611. The van der Waals surface area contributed by atoms with E-state index < -0.39 is 0 Å². The molecule has 0 atom stereocenters. The molecule has 0 unspecified atom stereocenters. The third-order valence-electron chi connectivity index (χ3n) is 4.26. The molecule has 2 aromatic carbocycles. The maximum Gasteiger partial charge on any atom is 0.192 e. The number of ether oxygens (including phenoxy) is 2. The number of nitrogens with one attached hydrogen (secondary N) is 1. The molecule has 5 heteroatoms. The summed E-state index contributed by atoms with van der Waals surface area (Å²) in [6.45, 7) is 3.34. The summed E-state index contributed by atoms with van der Waals surface area (Å²) < 4.78 is 24.0. The van der Waals surface area contributed by atoms with Gasteiger partial charge < -0.3 is 14.5 Å². The van der Waals surface area contributed by atoms with Gasteiger partial charge in [0.15, 0.2) is 5.43 Å². The second-order valence-electron chi connectivity index (χ2n) is 6.17. The molecule has 26 heavy (non-hydrogen) atoms. The summed E-state index contributed by atoms with van der Waals surface area (Å²) in [5.74, 6) is 0.393. The summed E-state index contributed by atoms with van der Waals surface area (Å²) in [5, 5.41) is 0.701. The van der Waals surface area contributed by atoms with E-state index in [-0.39, 0.29) is 11.2 Å². The van der Waals surface area contributed by atoms with Gasteiger partial charge in [-0.3, -0.25) is 4.79 Å². The zero-order valence-electron chi connectivity index (χ0n) is 14.8. The normalized spacial score (nSPS) is 11.0. The average Bonchev–Trinajstić information content (AvgIpc) is 2.66. The van der Waals surface area contributed by atoms with Crippen molar-refractivity contribution in [2.45, 2.75) is 26.4 Å². The minimum Gasteiger partial charge on any atom is -0.494 e. The van der Waals surface area contributed by atoms with E-state index in [2.05, 4.69) is 4.98 Å². The monoisotopic (exact) mass is 355 g/mol. The Bertz CT molecular complexity index is 919. The lowest BCUT2D eigenvalue weighted by molar-refractivity contribution is 0.111. The SMILES string of the molecule is Cc1c(COCCCCOc2ccc(F)cc2)[nH]c2ccccc2c1=O. The molecule has 0 saturated carbocycles. The van der Waals surface area contributed by atoms with Gasteiger partial charge in [0.25, 0.3) is 0 Å². The number of unbranched alkanes of at least 4 members (excludes halogenated alkanes) is 1. The first-order valence-electron chi connectivity index (χ1n) is 8.72. The van der Waals surface area contributed by atoms with Crippen LogP contribution in [-0.4, -0.2) is 18.2 Å². The lowest BCUT2D eigenvalue weighted by Crippen LogP contribution is -2.12. The number of H-pyrrole nitrogens is 1. The molecule has 4 nitrogen and oxygen atoms in total. The minimum absolute atomic E-state index is 0.0469. The summed E-state index contributed by atoms with van der Waals surface area (Å²) in [6, 6.07) is 13.5. The van der Waals surface area contributed by atoms with E-state index in [1.807, 2.05) is 31.2 Å². The molecule has 1 heterocycles. The van der Waals surface area contributed by atoms with Gasteiger partial charge >= 0.3 is 0 Å². The Morgan fingerprint density at radius 2 is 1.73 bits per heavy atom. The van der Waals surface area contributed by atoms with Gasteiger partial charge in [-0.15, -0.1) is 0 Å². The molecule has 0 radical (unpaired) electrons. The fraction of sp³-hybridized carbons (Fsp3) is 0.286. The number of aromatic nitrogens is 1. The Balaban J connectivity index is 1.42. The van der Waals surface area contributed by atoms with Gasteiger partial charge in [0.2, 0.25) is 0 Å². The lowest BCUT2D eigenvalue weighted by atomic mass is 10.1. The van der Waals surface area contributed by atoms with Crippen molar-refractivity contribution in [1.29, 1.82) is 0 Å². The van der Waals surface area contributed by atoms with Gasteiger partial charge in [-0.2, -0.15) is 0 Å². The summed E-state index contributed by atoms with van der Waals surface area (Å²) in [5.41, 5.74) is 2.39. The van der Waals surface area contributed by atoms with Gasteiger partial charge in [-0.05, 0) is 56.2 Å². The van der Waals surface area contributed by atoms with Crippen molar-refractivity contribution in [3.8, 4) is 5.75 Å². The average molecular weight is 355 g/mol. The van der Waals surface area contributed by atoms with Crippen LogP contribution in [0.25, 0.3) is 10.9 Å². The fourth-order valence-electron chi connectivity index (χ4n) is 2.73. The van der Waals surface area contributed by atoms with Crippen LogP contribution >= 0.6 is 0 Å². The van der Waals surface area contributed by atoms with Crippen LogP contribution < -0.4 is 10.2 Å². The number of benzene rings is 2. The first-order valence-corrected chi connectivity index (χ1v) is 8.72. The number of halogens is 1. The molecule has 0 spiro atoms. The zero-order chi connectivity index (χ0) is 18.4. The molecule has 0 aliphatic rings. The molecule has 0 amide bonds. The molecule has 0 saturated heterocycles. The summed E-state index contributed by atoms with van der Waals surface area (Å²) in [4.78, 5) is 15.6. The number of hydrogen-bond donors (Lipinski definition) is 1. The number of para-hydroxylation sites is 1.